The first kappa shape index (κ1) is 14.6. The minimum absolute atomic E-state index is 0.000735. The quantitative estimate of drug-likeness (QED) is 0.671. The van der Waals surface area contributed by atoms with Gasteiger partial charge in [0.2, 0.25) is 0 Å². The highest BCUT2D eigenvalue weighted by atomic mass is 16.5. The number of para-hydroxylation sites is 1. The Bertz CT molecular complexity index is 677. The molecule has 0 spiro atoms. The van der Waals surface area contributed by atoms with Crippen LogP contribution < -0.4 is 5.32 Å². The number of ether oxygens (including phenoxy) is 1. The normalized spacial score (nSPS) is 10.0. The van der Waals surface area contributed by atoms with Gasteiger partial charge >= 0.3 is 5.97 Å². The molecule has 0 radical (unpaired) electrons. The Balaban J connectivity index is 2.25. The molecule has 0 atom stereocenters. The van der Waals surface area contributed by atoms with E-state index >= 15 is 0 Å². The summed E-state index contributed by atoms with van der Waals surface area (Å²) >= 11 is 0. The molecular weight excluding hydrogens is 270 g/mol. The van der Waals surface area contributed by atoms with Crippen LogP contribution in [0.2, 0.25) is 0 Å². The summed E-state index contributed by atoms with van der Waals surface area (Å²) in [6.07, 6.45) is 0. The van der Waals surface area contributed by atoms with Crippen LogP contribution >= 0.6 is 0 Å². The van der Waals surface area contributed by atoms with Crippen LogP contribution in [0.25, 0.3) is 0 Å². The highest BCUT2D eigenvalue weighted by Gasteiger charge is 2.16. The van der Waals surface area contributed by atoms with Gasteiger partial charge < -0.3 is 15.2 Å². The third-order valence-corrected chi connectivity index (χ3v) is 3.00. The first-order chi connectivity index (χ1) is 10.0. The number of hydrogen-bond donors (Lipinski definition) is 2. The third kappa shape index (κ3) is 3.20. The molecule has 0 aromatic heterocycles. The summed E-state index contributed by atoms with van der Waals surface area (Å²) in [6.45, 7) is 1.92. The maximum absolute atomic E-state index is 12.1. The summed E-state index contributed by atoms with van der Waals surface area (Å²) < 4.78 is 4.56. The van der Waals surface area contributed by atoms with Crippen molar-refractivity contribution in [3.63, 3.8) is 0 Å². The average Bonchev–Trinajstić information content (AvgIpc) is 2.49. The number of nitrogens with one attached hydrogen (secondary N) is 1. The first-order valence-corrected chi connectivity index (χ1v) is 6.31. The van der Waals surface area contributed by atoms with Gasteiger partial charge in [-0.25, -0.2) is 4.79 Å². The Labute approximate surface area is 122 Å². The number of carbonyl (C=O) groups excluding carboxylic acids is 2. The predicted molar refractivity (Wildman–Crippen MR) is 78.6 cm³/mol. The second-order valence-electron chi connectivity index (χ2n) is 4.51. The fourth-order valence-electron chi connectivity index (χ4n) is 1.82. The molecule has 0 fully saturated rings. The molecule has 2 rings (SSSR count). The van der Waals surface area contributed by atoms with Crippen molar-refractivity contribution in [3.05, 3.63) is 59.2 Å². The Morgan fingerprint density at radius 3 is 2.38 bits per heavy atom. The van der Waals surface area contributed by atoms with E-state index < -0.39 is 5.97 Å². The van der Waals surface area contributed by atoms with Gasteiger partial charge in [0.25, 0.3) is 5.91 Å². The molecule has 0 aliphatic rings. The summed E-state index contributed by atoms with van der Waals surface area (Å²) in [5.41, 5.74) is 1.66. The summed E-state index contributed by atoms with van der Waals surface area (Å²) in [5, 5.41) is 12.6. The molecule has 0 saturated heterocycles. The van der Waals surface area contributed by atoms with E-state index in [1.165, 1.54) is 19.2 Å². The number of rotatable bonds is 3. The molecule has 0 aliphatic heterocycles. The Hall–Kier alpha value is -2.82. The van der Waals surface area contributed by atoms with Crippen molar-refractivity contribution in [2.24, 2.45) is 0 Å². The number of phenolic OH excluding ortho intramolecular Hbond substituents is 1. The van der Waals surface area contributed by atoms with Crippen LogP contribution in [0.15, 0.2) is 42.5 Å². The zero-order valence-corrected chi connectivity index (χ0v) is 11.7. The molecule has 2 N–H and O–H groups in total. The molecule has 21 heavy (non-hydrogen) atoms. The van der Waals surface area contributed by atoms with Crippen LogP contribution in [-0.4, -0.2) is 24.1 Å². The Morgan fingerprint density at radius 1 is 1.10 bits per heavy atom. The van der Waals surface area contributed by atoms with E-state index in [9.17, 15) is 14.7 Å². The van der Waals surface area contributed by atoms with Crippen molar-refractivity contribution in [3.8, 4) is 5.75 Å². The molecule has 5 nitrogen and oxygen atoms in total. The van der Waals surface area contributed by atoms with E-state index in [0.717, 1.165) is 5.56 Å². The van der Waals surface area contributed by atoms with Crippen LogP contribution in [0, 0.1) is 6.92 Å². The fourth-order valence-corrected chi connectivity index (χ4v) is 1.82. The van der Waals surface area contributed by atoms with E-state index in [2.05, 4.69) is 10.1 Å². The molecule has 1 amide bonds. The van der Waals surface area contributed by atoms with E-state index in [4.69, 9.17) is 0 Å². The lowest BCUT2D eigenvalue weighted by Crippen LogP contribution is -2.13. The molecule has 0 saturated carbocycles. The van der Waals surface area contributed by atoms with Gasteiger partial charge in [-0.15, -0.1) is 0 Å². The second-order valence-corrected chi connectivity index (χ2v) is 4.51. The van der Waals surface area contributed by atoms with Gasteiger partial charge in [0.15, 0.2) is 5.75 Å². The lowest BCUT2D eigenvalue weighted by molar-refractivity contribution is 0.0597. The van der Waals surface area contributed by atoms with Gasteiger partial charge in [-0.2, -0.15) is 0 Å². The highest BCUT2D eigenvalue weighted by Crippen LogP contribution is 2.28. The Morgan fingerprint density at radius 2 is 1.76 bits per heavy atom. The van der Waals surface area contributed by atoms with Crippen molar-refractivity contribution in [2.75, 3.05) is 12.4 Å². The fraction of sp³-hybridized carbons (Fsp3) is 0.125. The maximum Gasteiger partial charge on any atom is 0.341 e. The molecule has 0 heterocycles. The van der Waals surface area contributed by atoms with Crippen LogP contribution in [-0.2, 0) is 4.74 Å². The molecule has 2 aromatic rings. The number of aryl methyl sites for hydroxylation is 1. The van der Waals surface area contributed by atoms with Crippen LogP contribution in [0.5, 0.6) is 5.75 Å². The van der Waals surface area contributed by atoms with Gasteiger partial charge in [0, 0.05) is 5.56 Å². The van der Waals surface area contributed by atoms with Gasteiger partial charge in [0.1, 0.15) is 5.56 Å². The second kappa shape index (κ2) is 6.09. The summed E-state index contributed by atoms with van der Waals surface area (Å²) in [5.74, 6) is -1.35. The van der Waals surface area contributed by atoms with Gasteiger partial charge in [-0.05, 0) is 31.2 Å². The highest BCUT2D eigenvalue weighted by molar-refractivity contribution is 6.06. The topological polar surface area (TPSA) is 75.6 Å². The summed E-state index contributed by atoms with van der Waals surface area (Å²) in [7, 11) is 1.22. The largest absolute Gasteiger partial charge is 0.505 e. The minimum atomic E-state index is -0.668. The minimum Gasteiger partial charge on any atom is -0.505 e. The zero-order valence-electron chi connectivity index (χ0n) is 11.7. The molecule has 0 aliphatic carbocycles. The number of amides is 1. The van der Waals surface area contributed by atoms with E-state index in [-0.39, 0.29) is 22.9 Å². The van der Waals surface area contributed by atoms with Crippen molar-refractivity contribution < 1.29 is 19.4 Å². The van der Waals surface area contributed by atoms with Crippen LogP contribution in [0.4, 0.5) is 5.69 Å². The Kier molecular flexibility index (Phi) is 4.23. The number of methoxy groups -OCH3 is 1. The average molecular weight is 285 g/mol. The van der Waals surface area contributed by atoms with Crippen molar-refractivity contribution >= 4 is 17.6 Å². The van der Waals surface area contributed by atoms with Crippen molar-refractivity contribution in [2.45, 2.75) is 6.92 Å². The molecular formula is C16H15NO4. The first-order valence-electron chi connectivity index (χ1n) is 6.31. The zero-order chi connectivity index (χ0) is 15.4. The van der Waals surface area contributed by atoms with E-state index in [1.54, 1.807) is 18.2 Å². The molecule has 5 heteroatoms. The summed E-state index contributed by atoms with van der Waals surface area (Å²) in [6, 6.07) is 11.5. The van der Waals surface area contributed by atoms with Crippen LogP contribution in [0.3, 0.4) is 0 Å². The number of phenols is 1. The summed E-state index contributed by atoms with van der Waals surface area (Å²) in [4.78, 5) is 23.6. The van der Waals surface area contributed by atoms with E-state index in [1.807, 2.05) is 19.1 Å². The van der Waals surface area contributed by atoms with Crippen molar-refractivity contribution in [1.29, 1.82) is 0 Å². The van der Waals surface area contributed by atoms with Crippen molar-refractivity contribution in [1.82, 2.24) is 0 Å². The number of hydrogen-bond acceptors (Lipinski definition) is 4. The van der Waals surface area contributed by atoms with Gasteiger partial charge in [0.05, 0.1) is 12.8 Å². The number of aromatic hydroxyl groups is 1. The van der Waals surface area contributed by atoms with Crippen LogP contribution in [0.1, 0.15) is 26.3 Å². The lowest BCUT2D eigenvalue weighted by Gasteiger charge is -2.10. The molecule has 0 bridgehead atoms. The van der Waals surface area contributed by atoms with Gasteiger partial charge in [-0.1, -0.05) is 23.8 Å². The SMILES string of the molecule is COC(=O)c1cccc(NC(=O)c2ccc(C)cc2)c1O. The van der Waals surface area contributed by atoms with Gasteiger partial charge in [-0.3, -0.25) is 4.79 Å². The molecule has 2 aromatic carbocycles. The third-order valence-electron chi connectivity index (χ3n) is 3.00. The predicted octanol–water partition coefficient (Wildman–Crippen LogP) is 2.74. The monoisotopic (exact) mass is 285 g/mol. The lowest BCUT2D eigenvalue weighted by atomic mass is 10.1. The standard InChI is InChI=1S/C16H15NO4/c1-10-6-8-11(9-7-10)15(19)17-13-5-3-4-12(14(13)18)16(20)21-2/h3-9,18H,1-2H3,(H,17,19). The molecule has 108 valence electrons. The number of benzene rings is 2. The number of carbonyl (C=O) groups is 2. The van der Waals surface area contributed by atoms with E-state index in [0.29, 0.717) is 5.56 Å². The smallest absolute Gasteiger partial charge is 0.341 e. The maximum atomic E-state index is 12.1. The number of anilines is 1. The number of esters is 1. The molecule has 0 unspecified atom stereocenters.